The van der Waals surface area contributed by atoms with Gasteiger partial charge in [-0.05, 0) is 36.4 Å². The highest BCUT2D eigenvalue weighted by Crippen LogP contribution is 2.36. The standard InChI is InChI=1S/C22H13Cl6N3O3/c23-11-6-16(26)20(17(27)7-11)33-10-12-4-5-19(34-12)22(32)29-21-18(28)9-31(30-21)8-13-14(24)2-1-3-15(13)25/h1-7,9H,8,10H2,(H,29,30,32). The number of amides is 1. The molecule has 176 valence electrons. The molecule has 12 heteroatoms. The topological polar surface area (TPSA) is 69.3 Å². The number of rotatable bonds is 7. The number of nitrogens with one attached hydrogen (secondary N) is 1. The molecule has 0 bridgehead atoms. The Labute approximate surface area is 224 Å². The first-order chi connectivity index (χ1) is 16.2. The summed E-state index contributed by atoms with van der Waals surface area (Å²) in [5.74, 6) is 0.274. The van der Waals surface area contributed by atoms with E-state index < -0.39 is 5.91 Å². The van der Waals surface area contributed by atoms with Crippen molar-refractivity contribution in [2.45, 2.75) is 13.2 Å². The predicted octanol–water partition coefficient (Wildman–Crippen LogP) is 8.28. The molecule has 0 saturated carbocycles. The number of hydrogen-bond acceptors (Lipinski definition) is 4. The molecule has 0 spiro atoms. The van der Waals surface area contributed by atoms with E-state index >= 15 is 0 Å². The molecule has 0 saturated heterocycles. The molecule has 1 N–H and O–H groups in total. The van der Waals surface area contributed by atoms with E-state index in [0.717, 1.165) is 0 Å². The van der Waals surface area contributed by atoms with Crippen LogP contribution in [0.4, 0.5) is 5.82 Å². The van der Waals surface area contributed by atoms with Crippen LogP contribution in [0.25, 0.3) is 0 Å². The van der Waals surface area contributed by atoms with Gasteiger partial charge in [0.1, 0.15) is 17.4 Å². The Hall–Kier alpha value is -2.06. The van der Waals surface area contributed by atoms with E-state index in [1.807, 2.05) is 0 Å². The first-order valence-corrected chi connectivity index (χ1v) is 11.8. The summed E-state index contributed by atoms with van der Waals surface area (Å²) < 4.78 is 12.7. The Balaban J connectivity index is 1.41. The second-order valence-electron chi connectivity index (χ2n) is 6.93. The number of aromatic nitrogens is 2. The van der Waals surface area contributed by atoms with Crippen molar-refractivity contribution in [3.05, 3.63) is 95.9 Å². The fourth-order valence-corrected chi connectivity index (χ4v) is 4.61. The van der Waals surface area contributed by atoms with Crippen molar-refractivity contribution in [2.75, 3.05) is 5.32 Å². The second-order valence-corrected chi connectivity index (χ2v) is 9.40. The van der Waals surface area contributed by atoms with Crippen LogP contribution in [0.15, 0.2) is 53.1 Å². The molecule has 0 radical (unpaired) electrons. The Morgan fingerprint density at radius 2 is 1.62 bits per heavy atom. The zero-order valence-electron chi connectivity index (χ0n) is 16.9. The van der Waals surface area contributed by atoms with Gasteiger partial charge >= 0.3 is 0 Å². The highest BCUT2D eigenvalue weighted by molar-refractivity contribution is 6.40. The molecule has 4 rings (SSSR count). The van der Waals surface area contributed by atoms with Crippen LogP contribution in [-0.4, -0.2) is 15.7 Å². The van der Waals surface area contributed by atoms with Crippen molar-refractivity contribution in [1.82, 2.24) is 9.78 Å². The summed E-state index contributed by atoms with van der Waals surface area (Å²) in [4.78, 5) is 12.6. The van der Waals surface area contributed by atoms with Gasteiger partial charge in [0, 0.05) is 26.8 Å². The number of nitrogens with zero attached hydrogens (tertiary/aromatic N) is 2. The van der Waals surface area contributed by atoms with Crippen LogP contribution in [0.2, 0.25) is 30.1 Å². The van der Waals surface area contributed by atoms with Crippen LogP contribution >= 0.6 is 69.6 Å². The lowest BCUT2D eigenvalue weighted by Crippen LogP contribution is -2.12. The molecular formula is C22H13Cl6N3O3. The van der Waals surface area contributed by atoms with Crippen molar-refractivity contribution in [3.8, 4) is 5.75 Å². The van der Waals surface area contributed by atoms with E-state index in [4.69, 9.17) is 78.8 Å². The molecule has 0 aliphatic rings. The monoisotopic (exact) mass is 577 g/mol. The van der Waals surface area contributed by atoms with Gasteiger partial charge < -0.3 is 14.5 Å². The number of benzene rings is 2. The largest absolute Gasteiger partial charge is 0.483 e. The molecule has 4 aromatic rings. The smallest absolute Gasteiger partial charge is 0.292 e. The summed E-state index contributed by atoms with van der Waals surface area (Å²) in [7, 11) is 0. The number of furan rings is 1. The predicted molar refractivity (Wildman–Crippen MR) is 135 cm³/mol. The van der Waals surface area contributed by atoms with E-state index in [0.29, 0.717) is 26.4 Å². The molecular weight excluding hydrogens is 567 g/mol. The summed E-state index contributed by atoms with van der Waals surface area (Å²) in [6.45, 7) is 0.258. The van der Waals surface area contributed by atoms with Gasteiger partial charge in [-0.15, -0.1) is 0 Å². The zero-order valence-corrected chi connectivity index (χ0v) is 21.5. The maximum Gasteiger partial charge on any atom is 0.292 e. The molecule has 2 aromatic carbocycles. The van der Waals surface area contributed by atoms with Gasteiger partial charge in [-0.25, -0.2) is 0 Å². The van der Waals surface area contributed by atoms with Gasteiger partial charge in [0.05, 0.1) is 16.6 Å². The summed E-state index contributed by atoms with van der Waals surface area (Å²) in [5.41, 5.74) is 0.680. The third kappa shape index (κ3) is 5.77. The van der Waals surface area contributed by atoms with Gasteiger partial charge in [-0.3, -0.25) is 9.48 Å². The van der Waals surface area contributed by atoms with E-state index in [1.54, 1.807) is 30.5 Å². The van der Waals surface area contributed by atoms with Gasteiger partial charge in [0.2, 0.25) is 0 Å². The average Bonchev–Trinajstić information content (AvgIpc) is 3.37. The number of carbonyl (C=O) groups is 1. The Morgan fingerprint density at radius 3 is 2.29 bits per heavy atom. The van der Waals surface area contributed by atoms with E-state index in [1.165, 1.54) is 22.9 Å². The summed E-state index contributed by atoms with van der Waals surface area (Å²) >= 11 is 36.8. The van der Waals surface area contributed by atoms with Crippen LogP contribution < -0.4 is 10.1 Å². The SMILES string of the molecule is O=C(Nc1nn(Cc2c(Cl)cccc2Cl)cc1Cl)c1ccc(COc2c(Cl)cc(Cl)cc2Cl)o1. The molecule has 0 unspecified atom stereocenters. The molecule has 2 heterocycles. The lowest BCUT2D eigenvalue weighted by atomic mass is 10.2. The molecule has 6 nitrogen and oxygen atoms in total. The molecule has 1 amide bonds. The Bertz CT molecular complexity index is 1320. The first-order valence-electron chi connectivity index (χ1n) is 9.54. The molecule has 0 atom stereocenters. The van der Waals surface area contributed by atoms with Crippen molar-refractivity contribution in [3.63, 3.8) is 0 Å². The van der Waals surface area contributed by atoms with Crippen LogP contribution in [0.5, 0.6) is 5.75 Å². The molecule has 0 aliphatic carbocycles. The number of hydrogen-bond donors (Lipinski definition) is 1. The molecule has 2 aromatic heterocycles. The molecule has 0 fully saturated rings. The van der Waals surface area contributed by atoms with Crippen molar-refractivity contribution >= 4 is 81.3 Å². The van der Waals surface area contributed by atoms with E-state index in [2.05, 4.69) is 10.4 Å². The second kappa shape index (κ2) is 10.7. The van der Waals surface area contributed by atoms with Gasteiger partial charge in [0.15, 0.2) is 17.3 Å². The number of ether oxygens (including phenoxy) is 1. The van der Waals surface area contributed by atoms with E-state index in [-0.39, 0.29) is 45.5 Å². The molecule has 0 aliphatic heterocycles. The minimum Gasteiger partial charge on any atom is -0.483 e. The van der Waals surface area contributed by atoms with E-state index in [9.17, 15) is 4.79 Å². The number of anilines is 1. The number of halogens is 6. The average molecular weight is 580 g/mol. The lowest BCUT2D eigenvalue weighted by molar-refractivity contribution is 0.0992. The van der Waals surface area contributed by atoms with Crippen LogP contribution in [0.3, 0.4) is 0 Å². The zero-order chi connectivity index (χ0) is 24.4. The van der Waals surface area contributed by atoms with Gasteiger partial charge in [-0.2, -0.15) is 5.10 Å². The third-order valence-electron chi connectivity index (χ3n) is 4.54. The van der Waals surface area contributed by atoms with Crippen molar-refractivity contribution in [1.29, 1.82) is 0 Å². The van der Waals surface area contributed by atoms with Crippen LogP contribution in [0.1, 0.15) is 21.9 Å². The van der Waals surface area contributed by atoms with Crippen LogP contribution in [0, 0.1) is 0 Å². The van der Waals surface area contributed by atoms with Crippen molar-refractivity contribution in [2.24, 2.45) is 0 Å². The normalized spacial score (nSPS) is 11.0. The third-order valence-corrected chi connectivity index (χ3v) is 6.30. The lowest BCUT2D eigenvalue weighted by Gasteiger charge is -2.09. The Kier molecular flexibility index (Phi) is 7.87. The fourth-order valence-electron chi connectivity index (χ4n) is 2.96. The highest BCUT2D eigenvalue weighted by Gasteiger charge is 2.17. The summed E-state index contributed by atoms with van der Waals surface area (Å²) in [5, 5.41) is 9.03. The maximum absolute atomic E-state index is 12.6. The minimum atomic E-state index is -0.545. The number of carbonyl (C=O) groups excluding carboxylic acids is 1. The van der Waals surface area contributed by atoms with Crippen molar-refractivity contribution < 1.29 is 13.9 Å². The summed E-state index contributed by atoms with van der Waals surface area (Å²) in [6.07, 6.45) is 1.55. The van der Waals surface area contributed by atoms with Gasteiger partial charge in [-0.1, -0.05) is 75.7 Å². The quantitative estimate of drug-likeness (QED) is 0.239. The highest BCUT2D eigenvalue weighted by atomic mass is 35.5. The Morgan fingerprint density at radius 1 is 0.941 bits per heavy atom. The first kappa shape index (κ1) is 25.0. The fraction of sp³-hybridized carbons (Fsp3) is 0.0909. The van der Waals surface area contributed by atoms with Crippen LogP contribution in [-0.2, 0) is 13.2 Å². The summed E-state index contributed by atoms with van der Waals surface area (Å²) in [6, 6.07) is 11.3. The molecule has 34 heavy (non-hydrogen) atoms. The maximum atomic E-state index is 12.6. The van der Waals surface area contributed by atoms with Gasteiger partial charge in [0.25, 0.3) is 5.91 Å². The minimum absolute atomic E-state index is 0.0116.